The van der Waals surface area contributed by atoms with Crippen LogP contribution in [0.2, 0.25) is 0 Å². The van der Waals surface area contributed by atoms with Gasteiger partial charge < -0.3 is 9.84 Å². The van der Waals surface area contributed by atoms with Gasteiger partial charge in [-0.3, -0.25) is 4.79 Å². The van der Waals surface area contributed by atoms with Crippen molar-refractivity contribution in [1.29, 1.82) is 0 Å². The van der Waals surface area contributed by atoms with E-state index in [4.69, 9.17) is 9.84 Å². The molecule has 0 aliphatic heterocycles. The van der Waals surface area contributed by atoms with Crippen molar-refractivity contribution in [2.24, 2.45) is 0 Å². The van der Waals surface area contributed by atoms with Crippen LogP contribution in [0.15, 0.2) is 24.3 Å². The van der Waals surface area contributed by atoms with Crippen LogP contribution in [-0.4, -0.2) is 24.3 Å². The summed E-state index contributed by atoms with van der Waals surface area (Å²) < 4.78 is 5.43. The molecule has 0 amide bonds. The number of aliphatic hydroxyl groups excluding tert-OH is 1. The number of hydrogen-bond acceptors (Lipinski definition) is 3. The minimum atomic E-state index is 0.00186. The van der Waals surface area contributed by atoms with Crippen molar-refractivity contribution in [1.82, 2.24) is 0 Å². The Balaban J connectivity index is 3.23. The summed E-state index contributed by atoms with van der Waals surface area (Å²) in [6.07, 6.45) is 46.8. The second kappa shape index (κ2) is 36.9. The lowest BCUT2D eigenvalue weighted by Gasteiger charge is -2.05. The van der Waals surface area contributed by atoms with Crippen LogP contribution < -0.4 is 0 Å². The fraction of sp³-hybridized carbons (Fsp3) is 0.868. The number of aliphatic hydroxyl groups is 1. The van der Waals surface area contributed by atoms with Crippen LogP contribution in [0.5, 0.6) is 0 Å². The van der Waals surface area contributed by atoms with Gasteiger partial charge in [0.15, 0.2) is 0 Å². The number of allylic oxidation sites excluding steroid dienone is 4. The Hall–Kier alpha value is -1.09. The smallest absolute Gasteiger partial charge is 0.305 e. The van der Waals surface area contributed by atoms with Gasteiger partial charge >= 0.3 is 5.97 Å². The lowest BCUT2D eigenvalue weighted by molar-refractivity contribution is -0.143. The highest BCUT2D eigenvalue weighted by Gasteiger charge is 2.02. The first kappa shape index (κ1) is 39.9. The number of unbranched alkanes of at least 4 members (excludes halogenated alkanes) is 25. The summed E-state index contributed by atoms with van der Waals surface area (Å²) in [6, 6.07) is 0. The number of carbonyl (C=O) groups is 1. The second-order valence-electron chi connectivity index (χ2n) is 12.3. The van der Waals surface area contributed by atoms with Gasteiger partial charge in [-0.25, -0.2) is 0 Å². The van der Waals surface area contributed by atoms with E-state index in [0.717, 1.165) is 25.7 Å². The van der Waals surface area contributed by atoms with Crippen LogP contribution in [-0.2, 0) is 9.53 Å². The van der Waals surface area contributed by atoms with Crippen molar-refractivity contribution in [2.75, 3.05) is 13.2 Å². The van der Waals surface area contributed by atoms with Crippen LogP contribution >= 0.6 is 0 Å². The van der Waals surface area contributed by atoms with Gasteiger partial charge in [-0.15, -0.1) is 0 Å². The Morgan fingerprint density at radius 1 is 0.463 bits per heavy atom. The molecule has 0 unspecified atom stereocenters. The average molecular weight is 577 g/mol. The number of esters is 1. The molecule has 41 heavy (non-hydrogen) atoms. The van der Waals surface area contributed by atoms with E-state index in [2.05, 4.69) is 31.2 Å². The predicted octanol–water partition coefficient (Wildman–Crippen LogP) is 12.4. The number of ether oxygens (including phenoxy) is 1. The highest BCUT2D eigenvalue weighted by atomic mass is 16.5. The van der Waals surface area contributed by atoms with Crippen molar-refractivity contribution in [3.8, 4) is 0 Å². The molecule has 0 radical (unpaired) electrons. The Morgan fingerprint density at radius 3 is 1.22 bits per heavy atom. The minimum Gasteiger partial charge on any atom is -0.466 e. The SMILES string of the molecule is CCCCCCCC/C=C/CCCCCCCC(=O)OCCCCCCC/C=C/CCCCCCCCCCCO. The first-order valence-corrected chi connectivity index (χ1v) is 18.4. The fourth-order valence-corrected chi connectivity index (χ4v) is 5.34. The zero-order valence-corrected chi connectivity index (χ0v) is 27.7. The van der Waals surface area contributed by atoms with Crippen molar-refractivity contribution in [2.45, 2.75) is 200 Å². The quantitative estimate of drug-likeness (QED) is 0.0471. The Labute approximate surface area is 257 Å². The summed E-state index contributed by atoms with van der Waals surface area (Å²) in [5, 5.41) is 8.78. The molecule has 0 saturated heterocycles. The minimum absolute atomic E-state index is 0.00186. The van der Waals surface area contributed by atoms with E-state index >= 15 is 0 Å². The van der Waals surface area contributed by atoms with Crippen molar-refractivity contribution >= 4 is 5.97 Å². The van der Waals surface area contributed by atoms with E-state index in [9.17, 15) is 4.79 Å². The van der Waals surface area contributed by atoms with E-state index in [0.29, 0.717) is 19.6 Å². The van der Waals surface area contributed by atoms with E-state index in [-0.39, 0.29) is 5.97 Å². The molecule has 0 heterocycles. The molecule has 0 aliphatic rings. The molecular formula is C38H72O3. The van der Waals surface area contributed by atoms with Gasteiger partial charge in [-0.1, -0.05) is 147 Å². The maximum Gasteiger partial charge on any atom is 0.305 e. The molecule has 0 aromatic rings. The molecule has 0 rings (SSSR count). The van der Waals surface area contributed by atoms with E-state index < -0.39 is 0 Å². The third-order valence-corrected chi connectivity index (χ3v) is 8.12. The fourth-order valence-electron chi connectivity index (χ4n) is 5.34. The number of rotatable bonds is 34. The molecule has 0 aliphatic carbocycles. The maximum atomic E-state index is 11.9. The molecule has 0 atom stereocenters. The monoisotopic (exact) mass is 577 g/mol. The molecule has 0 bridgehead atoms. The van der Waals surface area contributed by atoms with Gasteiger partial charge in [0.1, 0.15) is 0 Å². The molecule has 1 N–H and O–H groups in total. The van der Waals surface area contributed by atoms with Gasteiger partial charge in [0, 0.05) is 13.0 Å². The molecule has 0 saturated carbocycles. The summed E-state index contributed by atoms with van der Waals surface area (Å²) in [6.45, 7) is 3.23. The van der Waals surface area contributed by atoms with Crippen molar-refractivity contribution in [3.05, 3.63) is 24.3 Å². The standard InChI is InChI=1S/C38H72O3/c1-2-3-4-5-6-7-8-9-14-17-20-23-26-29-32-35-38(40)41-37-34-31-28-25-22-19-16-13-11-10-12-15-18-21-24-27-30-33-36-39/h9,13-14,16,39H,2-8,10-12,15,17-37H2,1H3/b14-9+,16-13+. The van der Waals surface area contributed by atoms with Crippen LogP contribution in [0.25, 0.3) is 0 Å². The van der Waals surface area contributed by atoms with Gasteiger partial charge in [0.2, 0.25) is 0 Å². The third-order valence-electron chi connectivity index (χ3n) is 8.12. The van der Waals surface area contributed by atoms with Gasteiger partial charge in [0.25, 0.3) is 0 Å². The molecule has 242 valence electrons. The van der Waals surface area contributed by atoms with E-state index in [1.54, 1.807) is 0 Å². The largest absolute Gasteiger partial charge is 0.466 e. The zero-order chi connectivity index (χ0) is 29.7. The normalized spacial score (nSPS) is 11.8. The zero-order valence-electron chi connectivity index (χ0n) is 27.7. The van der Waals surface area contributed by atoms with E-state index in [1.165, 1.54) is 161 Å². The van der Waals surface area contributed by atoms with Crippen LogP contribution in [0.1, 0.15) is 200 Å². The summed E-state index contributed by atoms with van der Waals surface area (Å²) in [5.41, 5.74) is 0. The molecule has 3 nitrogen and oxygen atoms in total. The third kappa shape index (κ3) is 36.9. The average Bonchev–Trinajstić information content (AvgIpc) is 2.98. The van der Waals surface area contributed by atoms with Gasteiger partial charge in [0.05, 0.1) is 6.61 Å². The van der Waals surface area contributed by atoms with Crippen molar-refractivity contribution in [3.63, 3.8) is 0 Å². The maximum absolute atomic E-state index is 11.9. The second-order valence-corrected chi connectivity index (χ2v) is 12.3. The number of carbonyl (C=O) groups excluding carboxylic acids is 1. The first-order chi connectivity index (χ1) is 20.3. The van der Waals surface area contributed by atoms with Crippen LogP contribution in [0.4, 0.5) is 0 Å². The Morgan fingerprint density at radius 2 is 0.805 bits per heavy atom. The molecule has 0 aromatic carbocycles. The molecular weight excluding hydrogens is 504 g/mol. The summed E-state index contributed by atoms with van der Waals surface area (Å²) in [5.74, 6) is 0.00186. The first-order valence-electron chi connectivity index (χ1n) is 18.4. The highest BCUT2D eigenvalue weighted by molar-refractivity contribution is 5.69. The summed E-state index contributed by atoms with van der Waals surface area (Å²) in [7, 11) is 0. The summed E-state index contributed by atoms with van der Waals surface area (Å²) >= 11 is 0. The van der Waals surface area contributed by atoms with Crippen LogP contribution in [0, 0.1) is 0 Å². The lowest BCUT2D eigenvalue weighted by Crippen LogP contribution is -2.05. The molecule has 0 aromatic heterocycles. The van der Waals surface area contributed by atoms with Crippen LogP contribution in [0.3, 0.4) is 0 Å². The Kier molecular flexibility index (Phi) is 36.0. The Bertz CT molecular complexity index is 554. The topological polar surface area (TPSA) is 46.5 Å². The van der Waals surface area contributed by atoms with E-state index in [1.807, 2.05) is 0 Å². The highest BCUT2D eigenvalue weighted by Crippen LogP contribution is 2.13. The summed E-state index contributed by atoms with van der Waals surface area (Å²) in [4.78, 5) is 11.9. The number of hydrogen-bond donors (Lipinski definition) is 1. The van der Waals surface area contributed by atoms with Gasteiger partial charge in [-0.2, -0.15) is 0 Å². The molecule has 3 heteroatoms. The van der Waals surface area contributed by atoms with Gasteiger partial charge in [-0.05, 0) is 70.6 Å². The molecule has 0 spiro atoms. The molecule has 0 fully saturated rings. The predicted molar refractivity (Wildman–Crippen MR) is 181 cm³/mol. The van der Waals surface area contributed by atoms with Crippen molar-refractivity contribution < 1.29 is 14.6 Å². The lowest BCUT2D eigenvalue weighted by atomic mass is 10.1.